The van der Waals surface area contributed by atoms with Crippen LogP contribution in [0, 0.1) is 5.92 Å². The Kier molecular flexibility index (Phi) is 4.21. The molecule has 0 aromatic heterocycles. The van der Waals surface area contributed by atoms with Crippen LogP contribution in [0.15, 0.2) is 36.9 Å². The fraction of sp³-hybridized carbons (Fsp3) is 0.467. The summed E-state index contributed by atoms with van der Waals surface area (Å²) in [6, 6.07) is 8.66. The molecule has 0 spiro atoms. The van der Waals surface area contributed by atoms with Gasteiger partial charge in [-0.2, -0.15) is 0 Å². The van der Waals surface area contributed by atoms with Crippen molar-refractivity contribution in [3.63, 3.8) is 0 Å². The van der Waals surface area contributed by atoms with E-state index in [-0.39, 0.29) is 0 Å². The SMILES string of the molecule is C=CC(NCCC)C1COc2ccccc2C1. The number of para-hydroxylation sites is 1. The molecule has 1 aliphatic heterocycles. The maximum atomic E-state index is 5.81. The monoisotopic (exact) mass is 231 g/mol. The summed E-state index contributed by atoms with van der Waals surface area (Å²) in [6.45, 7) is 7.93. The summed E-state index contributed by atoms with van der Waals surface area (Å²) in [6.07, 6.45) is 4.23. The Labute approximate surface area is 104 Å². The molecular weight excluding hydrogens is 210 g/mol. The van der Waals surface area contributed by atoms with Crippen LogP contribution in [0.3, 0.4) is 0 Å². The van der Waals surface area contributed by atoms with Crippen molar-refractivity contribution in [3.05, 3.63) is 42.5 Å². The minimum atomic E-state index is 0.350. The Morgan fingerprint density at radius 1 is 1.53 bits per heavy atom. The first-order chi connectivity index (χ1) is 8.35. The molecule has 0 amide bonds. The second kappa shape index (κ2) is 5.87. The molecule has 0 aliphatic carbocycles. The van der Waals surface area contributed by atoms with Crippen molar-refractivity contribution in [2.24, 2.45) is 5.92 Å². The molecule has 1 aromatic carbocycles. The average molecular weight is 231 g/mol. The molecule has 0 fully saturated rings. The van der Waals surface area contributed by atoms with Gasteiger partial charge in [0.25, 0.3) is 0 Å². The zero-order valence-electron chi connectivity index (χ0n) is 10.5. The molecule has 1 heterocycles. The second-order valence-electron chi connectivity index (χ2n) is 4.60. The third kappa shape index (κ3) is 2.89. The summed E-state index contributed by atoms with van der Waals surface area (Å²) in [5.41, 5.74) is 1.31. The molecule has 1 aliphatic rings. The zero-order chi connectivity index (χ0) is 12.1. The van der Waals surface area contributed by atoms with Gasteiger partial charge in [-0.05, 0) is 31.0 Å². The van der Waals surface area contributed by atoms with E-state index in [9.17, 15) is 0 Å². The van der Waals surface area contributed by atoms with E-state index in [0.29, 0.717) is 12.0 Å². The third-order valence-corrected chi connectivity index (χ3v) is 3.30. The average Bonchev–Trinajstić information content (AvgIpc) is 2.39. The smallest absolute Gasteiger partial charge is 0.122 e. The molecule has 2 atom stereocenters. The highest BCUT2D eigenvalue weighted by molar-refractivity contribution is 5.35. The van der Waals surface area contributed by atoms with Crippen LogP contribution >= 0.6 is 0 Å². The molecule has 0 radical (unpaired) electrons. The highest BCUT2D eigenvalue weighted by Gasteiger charge is 2.24. The van der Waals surface area contributed by atoms with Crippen molar-refractivity contribution in [3.8, 4) is 5.75 Å². The second-order valence-corrected chi connectivity index (χ2v) is 4.60. The summed E-state index contributed by atoms with van der Waals surface area (Å²) in [5, 5.41) is 3.52. The number of fused-ring (bicyclic) bond motifs is 1. The van der Waals surface area contributed by atoms with Crippen LogP contribution in [0.5, 0.6) is 5.75 Å². The molecule has 2 heteroatoms. The van der Waals surface area contributed by atoms with Gasteiger partial charge in [-0.25, -0.2) is 0 Å². The molecule has 2 unspecified atom stereocenters. The summed E-state index contributed by atoms with van der Waals surface area (Å²) in [4.78, 5) is 0. The van der Waals surface area contributed by atoms with Gasteiger partial charge in [0.1, 0.15) is 5.75 Å². The van der Waals surface area contributed by atoms with Crippen LogP contribution < -0.4 is 10.1 Å². The fourth-order valence-electron chi connectivity index (χ4n) is 2.34. The Morgan fingerprint density at radius 3 is 3.12 bits per heavy atom. The summed E-state index contributed by atoms with van der Waals surface area (Å²) in [5.74, 6) is 1.54. The predicted molar refractivity (Wildman–Crippen MR) is 71.4 cm³/mol. The number of rotatable bonds is 5. The van der Waals surface area contributed by atoms with Crippen LogP contribution in [-0.4, -0.2) is 19.2 Å². The van der Waals surface area contributed by atoms with Crippen LogP contribution in [0.25, 0.3) is 0 Å². The third-order valence-electron chi connectivity index (χ3n) is 3.30. The lowest BCUT2D eigenvalue weighted by Gasteiger charge is -2.30. The molecule has 2 rings (SSSR count). The van der Waals surface area contributed by atoms with Gasteiger partial charge in [-0.15, -0.1) is 6.58 Å². The fourth-order valence-corrected chi connectivity index (χ4v) is 2.34. The molecule has 0 bridgehead atoms. The van der Waals surface area contributed by atoms with Crippen LogP contribution in [0.2, 0.25) is 0 Å². The minimum absolute atomic E-state index is 0.350. The Balaban J connectivity index is 2.02. The van der Waals surface area contributed by atoms with Crippen molar-refractivity contribution < 1.29 is 4.74 Å². The van der Waals surface area contributed by atoms with E-state index in [4.69, 9.17) is 4.74 Å². The van der Waals surface area contributed by atoms with Gasteiger partial charge in [0, 0.05) is 12.0 Å². The van der Waals surface area contributed by atoms with E-state index < -0.39 is 0 Å². The van der Waals surface area contributed by atoms with Gasteiger partial charge < -0.3 is 10.1 Å². The van der Waals surface area contributed by atoms with Crippen molar-refractivity contribution >= 4 is 0 Å². The molecular formula is C15H21NO. The lowest BCUT2D eigenvalue weighted by Crippen LogP contribution is -2.40. The zero-order valence-corrected chi connectivity index (χ0v) is 10.5. The van der Waals surface area contributed by atoms with Gasteiger partial charge in [0.2, 0.25) is 0 Å². The van der Waals surface area contributed by atoms with Gasteiger partial charge in [-0.1, -0.05) is 31.2 Å². The first kappa shape index (κ1) is 12.2. The topological polar surface area (TPSA) is 21.3 Å². The first-order valence-corrected chi connectivity index (χ1v) is 6.41. The molecule has 2 nitrogen and oxygen atoms in total. The quantitative estimate of drug-likeness (QED) is 0.787. The van der Waals surface area contributed by atoms with Crippen molar-refractivity contribution in [2.45, 2.75) is 25.8 Å². The lowest BCUT2D eigenvalue weighted by atomic mass is 9.90. The summed E-state index contributed by atoms with van der Waals surface area (Å²) < 4.78 is 5.81. The maximum absolute atomic E-state index is 5.81. The van der Waals surface area contributed by atoms with Crippen LogP contribution in [0.1, 0.15) is 18.9 Å². The Bertz CT molecular complexity index is 375. The molecule has 0 saturated heterocycles. The standard InChI is InChI=1S/C15H21NO/c1-3-9-16-14(4-2)13-10-12-7-5-6-8-15(12)17-11-13/h4-8,13-14,16H,2-3,9-11H2,1H3. The van der Waals surface area contributed by atoms with Crippen molar-refractivity contribution in [1.82, 2.24) is 5.32 Å². The normalized spacial score (nSPS) is 20.2. The first-order valence-electron chi connectivity index (χ1n) is 6.41. The van der Waals surface area contributed by atoms with E-state index in [0.717, 1.165) is 31.7 Å². The molecule has 17 heavy (non-hydrogen) atoms. The molecule has 0 saturated carbocycles. The summed E-state index contributed by atoms with van der Waals surface area (Å²) in [7, 11) is 0. The Morgan fingerprint density at radius 2 is 2.35 bits per heavy atom. The summed E-state index contributed by atoms with van der Waals surface area (Å²) >= 11 is 0. The number of ether oxygens (including phenoxy) is 1. The molecule has 1 N–H and O–H groups in total. The van der Waals surface area contributed by atoms with Gasteiger partial charge in [0.05, 0.1) is 6.61 Å². The largest absolute Gasteiger partial charge is 0.493 e. The highest BCUT2D eigenvalue weighted by Crippen LogP contribution is 2.28. The molecule has 1 aromatic rings. The number of benzene rings is 1. The number of hydrogen-bond donors (Lipinski definition) is 1. The minimum Gasteiger partial charge on any atom is -0.493 e. The van der Waals surface area contributed by atoms with Crippen molar-refractivity contribution in [1.29, 1.82) is 0 Å². The predicted octanol–water partition coefficient (Wildman–Crippen LogP) is 2.79. The highest BCUT2D eigenvalue weighted by atomic mass is 16.5. The number of hydrogen-bond acceptors (Lipinski definition) is 2. The van der Waals surface area contributed by atoms with E-state index in [1.54, 1.807) is 0 Å². The lowest BCUT2D eigenvalue weighted by molar-refractivity contribution is 0.199. The number of nitrogens with one attached hydrogen (secondary N) is 1. The Hall–Kier alpha value is -1.28. The van der Waals surface area contributed by atoms with E-state index in [1.807, 2.05) is 18.2 Å². The van der Waals surface area contributed by atoms with Crippen LogP contribution in [-0.2, 0) is 6.42 Å². The van der Waals surface area contributed by atoms with E-state index in [1.165, 1.54) is 5.56 Å². The molecule has 92 valence electrons. The maximum Gasteiger partial charge on any atom is 0.122 e. The van der Waals surface area contributed by atoms with Crippen molar-refractivity contribution in [2.75, 3.05) is 13.2 Å². The van der Waals surface area contributed by atoms with E-state index >= 15 is 0 Å². The van der Waals surface area contributed by atoms with E-state index in [2.05, 4.69) is 31.0 Å². The van der Waals surface area contributed by atoms with Gasteiger partial charge in [0.15, 0.2) is 0 Å². The van der Waals surface area contributed by atoms with Crippen LogP contribution in [0.4, 0.5) is 0 Å². The van der Waals surface area contributed by atoms with Gasteiger partial charge >= 0.3 is 0 Å². The van der Waals surface area contributed by atoms with Gasteiger partial charge in [-0.3, -0.25) is 0 Å².